The molecule has 4 rings (SSSR count). The van der Waals surface area contributed by atoms with E-state index in [1.165, 1.54) is 11.8 Å². The van der Waals surface area contributed by atoms with Crippen LogP contribution < -0.4 is 0 Å². The molecule has 0 atom stereocenters. The maximum atomic E-state index is 4.77. The zero-order chi connectivity index (χ0) is 16.4. The van der Waals surface area contributed by atoms with Crippen LogP contribution in [0, 0.1) is 0 Å². The number of thiophene rings is 1. The summed E-state index contributed by atoms with van der Waals surface area (Å²) in [6, 6.07) is 10.0. The largest absolute Gasteiger partial charge is 0.304 e. The Hall–Kier alpha value is -2.51. The van der Waals surface area contributed by atoms with Gasteiger partial charge in [0.05, 0.1) is 5.52 Å². The van der Waals surface area contributed by atoms with Crippen LogP contribution in [0.1, 0.15) is 0 Å². The molecule has 24 heavy (non-hydrogen) atoms. The SMILES string of the molecule is C=CCn1cnnc1Sc1nc(-c2ccsc2)nc2ccccc12. The van der Waals surface area contributed by atoms with E-state index in [1.807, 2.05) is 46.4 Å². The molecule has 0 aliphatic rings. The Kier molecular flexibility index (Phi) is 4.10. The Labute approximate surface area is 147 Å². The molecule has 0 amide bonds. The normalized spacial score (nSPS) is 11.0. The smallest absolute Gasteiger partial charge is 0.197 e. The summed E-state index contributed by atoms with van der Waals surface area (Å²) in [4.78, 5) is 9.46. The molecule has 0 radical (unpaired) electrons. The number of allylic oxidation sites excluding steroid dienone is 1. The topological polar surface area (TPSA) is 56.5 Å². The van der Waals surface area contributed by atoms with Crippen LogP contribution in [0.15, 0.2) is 70.3 Å². The van der Waals surface area contributed by atoms with Gasteiger partial charge in [0.1, 0.15) is 11.4 Å². The lowest BCUT2D eigenvalue weighted by Gasteiger charge is -2.08. The van der Waals surface area contributed by atoms with E-state index >= 15 is 0 Å². The summed E-state index contributed by atoms with van der Waals surface area (Å²) in [6.45, 7) is 4.43. The van der Waals surface area contributed by atoms with E-state index in [0.29, 0.717) is 6.54 Å². The minimum Gasteiger partial charge on any atom is -0.304 e. The second-order valence-corrected chi connectivity index (χ2v) is 6.77. The van der Waals surface area contributed by atoms with Crippen LogP contribution in [0.25, 0.3) is 22.3 Å². The van der Waals surface area contributed by atoms with Gasteiger partial charge in [0.25, 0.3) is 0 Å². The van der Waals surface area contributed by atoms with Crippen LogP contribution in [0.5, 0.6) is 0 Å². The van der Waals surface area contributed by atoms with E-state index in [0.717, 1.165) is 32.5 Å². The number of hydrogen-bond donors (Lipinski definition) is 0. The van der Waals surface area contributed by atoms with Gasteiger partial charge < -0.3 is 4.57 Å². The highest BCUT2D eigenvalue weighted by atomic mass is 32.2. The number of fused-ring (bicyclic) bond motifs is 1. The van der Waals surface area contributed by atoms with E-state index in [4.69, 9.17) is 4.98 Å². The molecule has 0 N–H and O–H groups in total. The third kappa shape index (κ3) is 2.83. The second kappa shape index (κ2) is 6.54. The van der Waals surface area contributed by atoms with Gasteiger partial charge in [-0.25, -0.2) is 9.97 Å². The van der Waals surface area contributed by atoms with E-state index in [1.54, 1.807) is 17.7 Å². The quantitative estimate of drug-likeness (QED) is 0.397. The number of hydrogen-bond acceptors (Lipinski definition) is 6. The third-order valence-corrected chi connectivity index (χ3v) is 5.13. The van der Waals surface area contributed by atoms with Crippen LogP contribution in [0.4, 0.5) is 0 Å². The van der Waals surface area contributed by atoms with E-state index in [2.05, 4.69) is 27.1 Å². The number of rotatable bonds is 5. The molecule has 1 aromatic carbocycles. The van der Waals surface area contributed by atoms with Crippen molar-refractivity contribution in [1.29, 1.82) is 0 Å². The zero-order valence-electron chi connectivity index (χ0n) is 12.7. The second-order valence-electron chi connectivity index (χ2n) is 5.04. The molecule has 0 spiro atoms. The first-order valence-corrected chi connectivity index (χ1v) is 9.07. The molecule has 3 heterocycles. The van der Waals surface area contributed by atoms with Gasteiger partial charge >= 0.3 is 0 Å². The molecule has 0 aliphatic carbocycles. The first-order chi connectivity index (χ1) is 11.8. The minimum atomic E-state index is 0.662. The van der Waals surface area contributed by atoms with E-state index in [-0.39, 0.29) is 0 Å². The molecule has 0 saturated carbocycles. The summed E-state index contributed by atoms with van der Waals surface area (Å²) < 4.78 is 1.94. The maximum absolute atomic E-state index is 4.77. The van der Waals surface area contributed by atoms with Crippen LogP contribution in [0.3, 0.4) is 0 Å². The number of para-hydroxylation sites is 1. The predicted molar refractivity (Wildman–Crippen MR) is 97.2 cm³/mol. The van der Waals surface area contributed by atoms with Gasteiger partial charge in [-0.3, -0.25) is 0 Å². The van der Waals surface area contributed by atoms with Gasteiger partial charge in [-0.2, -0.15) is 11.3 Å². The number of aromatic nitrogens is 5. The van der Waals surface area contributed by atoms with E-state index in [9.17, 15) is 0 Å². The van der Waals surface area contributed by atoms with Crippen LogP contribution in [0.2, 0.25) is 0 Å². The van der Waals surface area contributed by atoms with Crippen molar-refractivity contribution >= 4 is 34.0 Å². The average Bonchev–Trinajstić information content (AvgIpc) is 3.28. The first kappa shape index (κ1) is 15.0. The van der Waals surface area contributed by atoms with Crippen molar-refractivity contribution in [3.63, 3.8) is 0 Å². The van der Waals surface area contributed by atoms with Gasteiger partial charge in [0.2, 0.25) is 0 Å². The van der Waals surface area contributed by atoms with Gasteiger partial charge in [-0.15, -0.1) is 16.8 Å². The van der Waals surface area contributed by atoms with Crippen molar-refractivity contribution in [3.05, 3.63) is 60.1 Å². The fourth-order valence-electron chi connectivity index (χ4n) is 2.32. The Balaban J connectivity index is 1.84. The molecule has 7 heteroatoms. The van der Waals surface area contributed by atoms with Gasteiger partial charge in [-0.05, 0) is 29.3 Å². The standard InChI is InChI=1S/C17H13N5S2/c1-2-8-22-11-18-21-17(22)24-16-13-5-3-4-6-14(13)19-15(20-16)12-7-9-23-10-12/h2-7,9-11H,1,8H2. The molecular formula is C17H13N5S2. The summed E-state index contributed by atoms with van der Waals surface area (Å²) in [7, 11) is 0. The lowest BCUT2D eigenvalue weighted by atomic mass is 10.2. The summed E-state index contributed by atoms with van der Waals surface area (Å²) in [5, 5.41) is 14.9. The first-order valence-electron chi connectivity index (χ1n) is 7.31. The van der Waals surface area contributed by atoms with Gasteiger partial charge in [-0.1, -0.05) is 24.3 Å². The van der Waals surface area contributed by atoms with Gasteiger partial charge in [0, 0.05) is 22.9 Å². The third-order valence-electron chi connectivity index (χ3n) is 3.44. The summed E-state index contributed by atoms with van der Waals surface area (Å²) in [5.41, 5.74) is 1.95. The monoisotopic (exact) mass is 351 g/mol. The van der Waals surface area contributed by atoms with Crippen LogP contribution >= 0.6 is 23.1 Å². The Morgan fingerprint density at radius 1 is 1.21 bits per heavy atom. The summed E-state index contributed by atoms with van der Waals surface area (Å²) in [5.74, 6) is 0.729. The Bertz CT molecular complexity index is 991. The average molecular weight is 351 g/mol. The molecule has 0 saturated heterocycles. The lowest BCUT2D eigenvalue weighted by molar-refractivity contribution is 0.724. The number of nitrogens with zero attached hydrogens (tertiary/aromatic N) is 5. The maximum Gasteiger partial charge on any atom is 0.197 e. The Morgan fingerprint density at radius 3 is 2.96 bits per heavy atom. The predicted octanol–water partition coefficient (Wildman–Crippen LogP) is 4.29. The molecule has 0 bridgehead atoms. The molecule has 3 aromatic heterocycles. The zero-order valence-corrected chi connectivity index (χ0v) is 14.3. The van der Waals surface area contributed by atoms with Crippen molar-refractivity contribution in [2.24, 2.45) is 0 Å². The molecule has 0 unspecified atom stereocenters. The lowest BCUT2D eigenvalue weighted by Crippen LogP contribution is -1.97. The fourth-order valence-corrected chi connectivity index (χ4v) is 3.87. The number of benzene rings is 1. The van der Waals surface area contributed by atoms with Crippen molar-refractivity contribution in [3.8, 4) is 11.4 Å². The van der Waals surface area contributed by atoms with Crippen molar-refractivity contribution in [1.82, 2.24) is 24.7 Å². The van der Waals surface area contributed by atoms with E-state index < -0.39 is 0 Å². The van der Waals surface area contributed by atoms with Crippen molar-refractivity contribution in [2.75, 3.05) is 0 Å². The van der Waals surface area contributed by atoms with Crippen LogP contribution in [-0.4, -0.2) is 24.7 Å². The summed E-state index contributed by atoms with van der Waals surface area (Å²) in [6.07, 6.45) is 3.52. The van der Waals surface area contributed by atoms with Crippen molar-refractivity contribution in [2.45, 2.75) is 16.7 Å². The summed E-state index contributed by atoms with van der Waals surface area (Å²) >= 11 is 3.13. The molecule has 5 nitrogen and oxygen atoms in total. The highest BCUT2D eigenvalue weighted by Crippen LogP contribution is 2.32. The van der Waals surface area contributed by atoms with Crippen molar-refractivity contribution < 1.29 is 0 Å². The van der Waals surface area contributed by atoms with Gasteiger partial charge in [0.15, 0.2) is 11.0 Å². The molecule has 0 aliphatic heterocycles. The molecule has 0 fully saturated rings. The fraction of sp³-hybridized carbons (Fsp3) is 0.0588. The van der Waals surface area contributed by atoms with Crippen LogP contribution in [-0.2, 0) is 6.54 Å². The highest BCUT2D eigenvalue weighted by molar-refractivity contribution is 7.99. The molecular weight excluding hydrogens is 338 g/mol. The molecule has 4 aromatic rings. The highest BCUT2D eigenvalue weighted by Gasteiger charge is 2.13. The molecule has 118 valence electrons. The minimum absolute atomic E-state index is 0.662. The Morgan fingerprint density at radius 2 is 2.12 bits per heavy atom.